The van der Waals surface area contributed by atoms with Crippen molar-refractivity contribution >= 4 is 17.5 Å². The molecule has 2 aromatic rings. The van der Waals surface area contributed by atoms with E-state index < -0.39 is 12.0 Å². The fraction of sp³-hybridized carbons (Fsp3) is 0.222. The van der Waals surface area contributed by atoms with E-state index in [1.807, 2.05) is 60.7 Å². The number of nitrogens with zero attached hydrogens (tertiary/aromatic N) is 2. The molecular formula is C18H16N2O3. The van der Waals surface area contributed by atoms with Crippen LogP contribution in [0.1, 0.15) is 11.6 Å². The smallest absolute Gasteiger partial charge is 0.261 e. The molecule has 2 aliphatic rings. The van der Waals surface area contributed by atoms with Crippen LogP contribution in [0.25, 0.3) is 0 Å². The van der Waals surface area contributed by atoms with Crippen LogP contribution in [0, 0.1) is 5.92 Å². The highest BCUT2D eigenvalue weighted by molar-refractivity contribution is 6.07. The minimum Gasteiger partial charge on any atom is -0.283 e. The summed E-state index contributed by atoms with van der Waals surface area (Å²) in [6, 6.07) is 18.9. The number of imide groups is 1. The van der Waals surface area contributed by atoms with Crippen LogP contribution in [0.2, 0.25) is 0 Å². The van der Waals surface area contributed by atoms with Crippen molar-refractivity contribution in [2.24, 2.45) is 5.92 Å². The molecule has 4 rings (SSSR count). The minimum absolute atomic E-state index is 0.188. The number of anilines is 1. The van der Waals surface area contributed by atoms with E-state index in [9.17, 15) is 9.59 Å². The van der Waals surface area contributed by atoms with Crippen molar-refractivity contribution in [2.75, 3.05) is 12.1 Å². The van der Waals surface area contributed by atoms with Crippen LogP contribution >= 0.6 is 0 Å². The van der Waals surface area contributed by atoms with E-state index in [1.165, 1.54) is 11.9 Å². The number of likely N-dealkylation sites (N-methyl/N-ethyl adjacent to an activating group) is 1. The van der Waals surface area contributed by atoms with E-state index >= 15 is 0 Å². The summed E-state index contributed by atoms with van der Waals surface area (Å²) in [4.78, 5) is 31.9. The number of para-hydroxylation sites is 1. The first kappa shape index (κ1) is 14.0. The maximum absolute atomic E-state index is 12.6. The van der Waals surface area contributed by atoms with E-state index in [0.29, 0.717) is 0 Å². The molecule has 2 aliphatic heterocycles. The van der Waals surface area contributed by atoms with Gasteiger partial charge in [-0.15, -0.1) is 0 Å². The van der Waals surface area contributed by atoms with Gasteiger partial charge in [-0.05, 0) is 17.7 Å². The fourth-order valence-corrected chi connectivity index (χ4v) is 3.34. The predicted octanol–water partition coefficient (Wildman–Crippen LogP) is 2.16. The highest BCUT2D eigenvalue weighted by Crippen LogP contribution is 2.46. The Hall–Kier alpha value is -2.66. The molecule has 0 radical (unpaired) electrons. The van der Waals surface area contributed by atoms with Crippen LogP contribution in [-0.4, -0.2) is 29.9 Å². The van der Waals surface area contributed by atoms with Gasteiger partial charge in [-0.3, -0.25) is 19.3 Å². The van der Waals surface area contributed by atoms with Crippen molar-refractivity contribution in [1.29, 1.82) is 0 Å². The van der Waals surface area contributed by atoms with Gasteiger partial charge in [0.25, 0.3) is 5.91 Å². The lowest BCUT2D eigenvalue weighted by molar-refractivity contribution is -0.141. The minimum atomic E-state index is -0.752. The van der Waals surface area contributed by atoms with Gasteiger partial charge in [-0.2, -0.15) is 0 Å². The Morgan fingerprint density at radius 1 is 0.870 bits per heavy atom. The van der Waals surface area contributed by atoms with Crippen LogP contribution in [0.15, 0.2) is 60.7 Å². The lowest BCUT2D eigenvalue weighted by atomic mass is 9.90. The summed E-state index contributed by atoms with van der Waals surface area (Å²) >= 11 is 0. The normalized spacial score (nSPS) is 26.7. The molecule has 0 spiro atoms. The number of rotatable bonds is 2. The number of amides is 2. The molecule has 0 bridgehead atoms. The third-order valence-electron chi connectivity index (χ3n) is 4.49. The van der Waals surface area contributed by atoms with Gasteiger partial charge in [-0.25, -0.2) is 5.06 Å². The molecule has 0 unspecified atom stereocenters. The van der Waals surface area contributed by atoms with Crippen molar-refractivity contribution in [3.8, 4) is 0 Å². The van der Waals surface area contributed by atoms with Gasteiger partial charge in [0.2, 0.25) is 5.91 Å². The summed E-state index contributed by atoms with van der Waals surface area (Å²) in [5, 5.41) is 1.70. The summed E-state index contributed by atoms with van der Waals surface area (Å²) < 4.78 is 0. The average Bonchev–Trinajstić information content (AvgIpc) is 3.09. The number of hydrogen-bond acceptors (Lipinski definition) is 4. The van der Waals surface area contributed by atoms with Crippen molar-refractivity contribution in [1.82, 2.24) is 4.90 Å². The van der Waals surface area contributed by atoms with Gasteiger partial charge in [0.15, 0.2) is 6.10 Å². The summed E-state index contributed by atoms with van der Waals surface area (Å²) in [5.41, 5.74) is 1.79. The van der Waals surface area contributed by atoms with Crippen LogP contribution in [0.3, 0.4) is 0 Å². The molecule has 23 heavy (non-hydrogen) atoms. The Balaban J connectivity index is 1.82. The zero-order chi connectivity index (χ0) is 16.0. The summed E-state index contributed by atoms with van der Waals surface area (Å²) in [5.74, 6) is -0.984. The number of hydrogen-bond donors (Lipinski definition) is 0. The van der Waals surface area contributed by atoms with Gasteiger partial charge in [0, 0.05) is 7.05 Å². The molecule has 2 amide bonds. The molecule has 2 fully saturated rings. The van der Waals surface area contributed by atoms with E-state index in [4.69, 9.17) is 4.84 Å². The van der Waals surface area contributed by atoms with Gasteiger partial charge >= 0.3 is 0 Å². The zero-order valence-corrected chi connectivity index (χ0v) is 12.6. The molecule has 116 valence electrons. The Kier molecular flexibility index (Phi) is 3.16. The van der Waals surface area contributed by atoms with Crippen molar-refractivity contribution < 1.29 is 14.4 Å². The summed E-state index contributed by atoms with van der Waals surface area (Å²) in [6.45, 7) is 0. The molecule has 0 aliphatic carbocycles. The third-order valence-corrected chi connectivity index (χ3v) is 4.49. The standard InChI is InChI=1S/C18H16N2O3/c1-19-17(21)14-15(12-8-4-2-5-9-12)20(23-16(14)18(19)22)13-10-6-3-7-11-13/h2-11,14-16H,1H3/t14-,15-,16-/m0/s1. The van der Waals surface area contributed by atoms with Crippen LogP contribution in [-0.2, 0) is 14.4 Å². The zero-order valence-electron chi connectivity index (χ0n) is 12.6. The Morgan fingerprint density at radius 3 is 2.13 bits per heavy atom. The predicted molar refractivity (Wildman–Crippen MR) is 84.2 cm³/mol. The molecule has 2 saturated heterocycles. The number of hydroxylamine groups is 1. The van der Waals surface area contributed by atoms with E-state index in [-0.39, 0.29) is 17.9 Å². The highest BCUT2D eigenvalue weighted by Gasteiger charge is 2.58. The number of carbonyl (C=O) groups excluding carboxylic acids is 2. The average molecular weight is 308 g/mol. The monoisotopic (exact) mass is 308 g/mol. The second kappa shape index (κ2) is 5.21. The lowest BCUT2D eigenvalue weighted by Gasteiger charge is -2.28. The quantitative estimate of drug-likeness (QED) is 0.798. The number of carbonyl (C=O) groups is 2. The Morgan fingerprint density at radius 2 is 1.48 bits per heavy atom. The SMILES string of the molecule is CN1C(=O)[C@@H]2[C@H](ON(c3ccccc3)[C@H]2c2ccccc2)C1=O. The number of benzene rings is 2. The first-order valence-corrected chi connectivity index (χ1v) is 7.56. The van der Waals surface area contributed by atoms with E-state index in [1.54, 1.807) is 5.06 Å². The maximum atomic E-state index is 12.6. The second-order valence-corrected chi connectivity index (χ2v) is 5.80. The molecule has 5 heteroatoms. The molecule has 5 nitrogen and oxygen atoms in total. The maximum Gasteiger partial charge on any atom is 0.261 e. The topological polar surface area (TPSA) is 49.9 Å². The second-order valence-electron chi connectivity index (χ2n) is 5.80. The fourth-order valence-electron chi connectivity index (χ4n) is 3.34. The highest BCUT2D eigenvalue weighted by atomic mass is 16.7. The summed E-state index contributed by atoms with van der Waals surface area (Å²) in [7, 11) is 1.52. The first-order chi connectivity index (χ1) is 11.2. The van der Waals surface area contributed by atoms with Crippen molar-refractivity contribution in [2.45, 2.75) is 12.1 Å². The van der Waals surface area contributed by atoms with Gasteiger partial charge < -0.3 is 0 Å². The van der Waals surface area contributed by atoms with Crippen molar-refractivity contribution in [3.05, 3.63) is 66.2 Å². The molecule has 3 atom stereocenters. The molecule has 0 saturated carbocycles. The van der Waals surface area contributed by atoms with E-state index in [0.717, 1.165) is 11.3 Å². The summed E-state index contributed by atoms with van der Waals surface area (Å²) in [6.07, 6.45) is -0.752. The van der Waals surface area contributed by atoms with E-state index in [2.05, 4.69) is 0 Å². The van der Waals surface area contributed by atoms with Crippen LogP contribution in [0.5, 0.6) is 0 Å². The molecule has 2 aromatic carbocycles. The Labute approximate surface area is 134 Å². The van der Waals surface area contributed by atoms with Gasteiger partial charge in [-0.1, -0.05) is 48.5 Å². The lowest BCUT2D eigenvalue weighted by Crippen LogP contribution is -2.34. The largest absolute Gasteiger partial charge is 0.283 e. The molecule has 2 heterocycles. The molecule has 0 N–H and O–H groups in total. The van der Waals surface area contributed by atoms with Crippen LogP contribution < -0.4 is 5.06 Å². The number of likely N-dealkylation sites (tertiary alicyclic amines) is 1. The van der Waals surface area contributed by atoms with Crippen LogP contribution in [0.4, 0.5) is 5.69 Å². The molecular weight excluding hydrogens is 292 g/mol. The molecule has 0 aromatic heterocycles. The first-order valence-electron chi connectivity index (χ1n) is 7.56. The van der Waals surface area contributed by atoms with Crippen molar-refractivity contribution in [3.63, 3.8) is 0 Å². The van der Waals surface area contributed by atoms with Gasteiger partial charge in [0.1, 0.15) is 5.92 Å². The van der Waals surface area contributed by atoms with Gasteiger partial charge in [0.05, 0.1) is 11.7 Å². The third kappa shape index (κ3) is 2.04. The Bertz CT molecular complexity index is 747. The number of fused-ring (bicyclic) bond motifs is 1.